The lowest BCUT2D eigenvalue weighted by Crippen LogP contribution is -2.40. The summed E-state index contributed by atoms with van der Waals surface area (Å²) >= 11 is 1.69. The van der Waals surface area contributed by atoms with Gasteiger partial charge in [-0.05, 0) is 36.3 Å². The smallest absolute Gasteiger partial charge is 0.225 e. The zero-order chi connectivity index (χ0) is 16.5. The summed E-state index contributed by atoms with van der Waals surface area (Å²) in [6, 6.07) is 2.15. The number of carbonyl (C=O) groups excluding carboxylic acids is 1. The highest BCUT2D eigenvalue weighted by molar-refractivity contribution is 7.10. The zero-order valence-corrected chi connectivity index (χ0v) is 14.6. The maximum Gasteiger partial charge on any atom is 0.225 e. The Hall–Kier alpha value is -1.73. The molecule has 24 heavy (non-hydrogen) atoms. The maximum atomic E-state index is 12.8. The number of fused-ring (bicyclic) bond motifs is 1. The Morgan fingerprint density at radius 2 is 2.42 bits per heavy atom. The summed E-state index contributed by atoms with van der Waals surface area (Å²) in [5, 5.41) is 6.11. The summed E-state index contributed by atoms with van der Waals surface area (Å²) in [6.45, 7) is 3.96. The first-order chi connectivity index (χ1) is 11.7. The van der Waals surface area contributed by atoms with E-state index in [0.717, 1.165) is 31.6 Å². The lowest BCUT2D eigenvalue weighted by atomic mass is 9.96. The molecule has 1 saturated heterocycles. The van der Waals surface area contributed by atoms with Crippen molar-refractivity contribution in [3.05, 3.63) is 33.6 Å². The summed E-state index contributed by atoms with van der Waals surface area (Å²) < 4.78 is 10.9. The second kappa shape index (κ2) is 6.64. The van der Waals surface area contributed by atoms with Crippen LogP contribution in [0.5, 0.6) is 0 Å². The fourth-order valence-electron chi connectivity index (χ4n) is 3.56. The summed E-state index contributed by atoms with van der Waals surface area (Å²) in [7, 11) is 0. The van der Waals surface area contributed by atoms with Gasteiger partial charge in [0.15, 0.2) is 5.82 Å². The van der Waals surface area contributed by atoms with Crippen molar-refractivity contribution in [2.75, 3.05) is 19.7 Å². The Morgan fingerprint density at radius 3 is 3.25 bits per heavy atom. The molecule has 2 aromatic heterocycles. The van der Waals surface area contributed by atoms with Crippen LogP contribution in [0.1, 0.15) is 53.4 Å². The molecular formula is C17H21N3O3S. The van der Waals surface area contributed by atoms with Crippen LogP contribution >= 0.6 is 11.3 Å². The molecule has 128 valence electrons. The molecular weight excluding hydrogens is 326 g/mol. The average Bonchev–Trinajstić information content (AvgIpc) is 3.24. The second-order valence-corrected chi connectivity index (χ2v) is 7.42. The fraction of sp³-hybridized carbons (Fsp3) is 0.588. The number of piperidine rings is 1. The van der Waals surface area contributed by atoms with E-state index in [1.807, 2.05) is 4.90 Å². The SMILES string of the molecule is Cc1nc([C@H]2CCCN(C(=O)C[C@H]3OCCc4ccsc43)C2)no1. The van der Waals surface area contributed by atoms with Gasteiger partial charge in [0.2, 0.25) is 11.8 Å². The van der Waals surface area contributed by atoms with Crippen molar-refractivity contribution in [2.45, 2.75) is 44.6 Å². The minimum atomic E-state index is -0.0888. The highest BCUT2D eigenvalue weighted by Gasteiger charge is 2.31. The monoisotopic (exact) mass is 347 g/mol. The fourth-order valence-corrected chi connectivity index (χ4v) is 4.56. The molecule has 0 saturated carbocycles. The Morgan fingerprint density at radius 1 is 1.50 bits per heavy atom. The van der Waals surface area contributed by atoms with Crippen molar-refractivity contribution in [1.82, 2.24) is 15.0 Å². The number of nitrogens with zero attached hydrogens (tertiary/aromatic N) is 3. The molecule has 0 N–H and O–H groups in total. The molecule has 0 unspecified atom stereocenters. The van der Waals surface area contributed by atoms with Gasteiger partial charge in [-0.1, -0.05) is 5.16 Å². The van der Waals surface area contributed by atoms with E-state index in [4.69, 9.17) is 9.26 Å². The lowest BCUT2D eigenvalue weighted by Gasteiger charge is -2.33. The van der Waals surface area contributed by atoms with Crippen LogP contribution in [0.4, 0.5) is 0 Å². The molecule has 0 spiro atoms. The maximum absolute atomic E-state index is 12.8. The molecule has 4 rings (SSSR count). The minimum absolute atomic E-state index is 0.0888. The van der Waals surface area contributed by atoms with E-state index >= 15 is 0 Å². The van der Waals surface area contributed by atoms with Gasteiger partial charge >= 0.3 is 0 Å². The quantitative estimate of drug-likeness (QED) is 0.854. The van der Waals surface area contributed by atoms with Gasteiger partial charge < -0.3 is 14.2 Å². The molecule has 1 fully saturated rings. The summed E-state index contributed by atoms with van der Waals surface area (Å²) in [4.78, 5) is 20.2. The topological polar surface area (TPSA) is 68.5 Å². The molecule has 2 aromatic rings. The van der Waals surface area contributed by atoms with Crippen LogP contribution in [-0.4, -0.2) is 40.6 Å². The van der Waals surface area contributed by atoms with Gasteiger partial charge in [0.25, 0.3) is 0 Å². The molecule has 4 heterocycles. The predicted molar refractivity (Wildman–Crippen MR) is 88.9 cm³/mol. The third-order valence-electron chi connectivity index (χ3n) is 4.81. The third kappa shape index (κ3) is 3.10. The van der Waals surface area contributed by atoms with Crippen molar-refractivity contribution in [2.24, 2.45) is 0 Å². The molecule has 2 atom stereocenters. The van der Waals surface area contributed by atoms with E-state index < -0.39 is 0 Å². The van der Waals surface area contributed by atoms with E-state index in [2.05, 4.69) is 21.6 Å². The Labute approximate surface area is 144 Å². The highest BCUT2D eigenvalue weighted by atomic mass is 32.1. The van der Waals surface area contributed by atoms with Crippen LogP contribution in [-0.2, 0) is 16.0 Å². The van der Waals surface area contributed by atoms with Crippen LogP contribution in [0, 0.1) is 6.92 Å². The average molecular weight is 347 g/mol. The lowest BCUT2D eigenvalue weighted by molar-refractivity contribution is -0.135. The highest BCUT2D eigenvalue weighted by Crippen LogP contribution is 2.35. The predicted octanol–water partition coefficient (Wildman–Crippen LogP) is 2.85. The first-order valence-electron chi connectivity index (χ1n) is 8.46. The van der Waals surface area contributed by atoms with Crippen LogP contribution in [0.3, 0.4) is 0 Å². The molecule has 0 radical (unpaired) electrons. The Bertz CT molecular complexity index is 726. The molecule has 0 aliphatic carbocycles. The molecule has 1 amide bonds. The van der Waals surface area contributed by atoms with E-state index in [0.29, 0.717) is 25.5 Å². The Kier molecular flexibility index (Phi) is 4.37. The largest absolute Gasteiger partial charge is 0.372 e. The standard InChI is InChI=1S/C17H21N3O3S/c1-11-18-17(19-23-11)13-3-2-6-20(10-13)15(21)9-14-16-12(4-7-22-14)5-8-24-16/h5,8,13-14H,2-4,6-7,9-10H2,1H3/t13-,14+/m0/s1. The second-order valence-electron chi connectivity index (χ2n) is 6.47. The van der Waals surface area contributed by atoms with Crippen molar-refractivity contribution in [3.8, 4) is 0 Å². The van der Waals surface area contributed by atoms with E-state index in [-0.39, 0.29) is 17.9 Å². The van der Waals surface area contributed by atoms with Crippen LogP contribution < -0.4 is 0 Å². The van der Waals surface area contributed by atoms with Crippen molar-refractivity contribution in [3.63, 3.8) is 0 Å². The van der Waals surface area contributed by atoms with Crippen molar-refractivity contribution < 1.29 is 14.1 Å². The number of amides is 1. The summed E-state index contributed by atoms with van der Waals surface area (Å²) in [5.41, 5.74) is 1.34. The number of thiophene rings is 1. The number of hydrogen-bond donors (Lipinski definition) is 0. The molecule has 7 heteroatoms. The number of aromatic nitrogens is 2. The van der Waals surface area contributed by atoms with Crippen LogP contribution in [0.15, 0.2) is 16.0 Å². The van der Waals surface area contributed by atoms with Crippen LogP contribution in [0.2, 0.25) is 0 Å². The van der Waals surface area contributed by atoms with Crippen molar-refractivity contribution >= 4 is 17.2 Å². The third-order valence-corrected chi connectivity index (χ3v) is 5.86. The molecule has 2 aliphatic rings. The van der Waals surface area contributed by atoms with E-state index in [9.17, 15) is 4.79 Å². The number of likely N-dealkylation sites (tertiary alicyclic amines) is 1. The number of rotatable bonds is 3. The minimum Gasteiger partial charge on any atom is -0.372 e. The number of carbonyl (C=O) groups is 1. The van der Waals surface area contributed by atoms with Gasteiger partial charge in [0.05, 0.1) is 13.0 Å². The normalized spacial score (nSPS) is 24.0. The van der Waals surface area contributed by atoms with Gasteiger partial charge in [-0.15, -0.1) is 11.3 Å². The number of ether oxygens (including phenoxy) is 1. The molecule has 2 aliphatic heterocycles. The number of hydrogen-bond acceptors (Lipinski definition) is 6. The molecule has 0 bridgehead atoms. The van der Waals surface area contributed by atoms with E-state index in [1.165, 1.54) is 10.4 Å². The Balaban J connectivity index is 1.42. The number of aryl methyl sites for hydroxylation is 1. The van der Waals surface area contributed by atoms with Crippen molar-refractivity contribution in [1.29, 1.82) is 0 Å². The summed E-state index contributed by atoms with van der Waals surface area (Å²) in [5.74, 6) is 1.63. The van der Waals surface area contributed by atoms with Gasteiger partial charge in [0.1, 0.15) is 6.10 Å². The first kappa shape index (κ1) is 15.8. The molecule has 6 nitrogen and oxygen atoms in total. The van der Waals surface area contributed by atoms with Gasteiger partial charge in [-0.2, -0.15) is 4.98 Å². The zero-order valence-electron chi connectivity index (χ0n) is 13.7. The van der Waals surface area contributed by atoms with Gasteiger partial charge in [-0.3, -0.25) is 4.79 Å². The van der Waals surface area contributed by atoms with E-state index in [1.54, 1.807) is 18.3 Å². The first-order valence-corrected chi connectivity index (χ1v) is 9.34. The van der Waals surface area contributed by atoms with Gasteiger partial charge in [0, 0.05) is 30.8 Å². The van der Waals surface area contributed by atoms with Gasteiger partial charge in [-0.25, -0.2) is 0 Å². The molecule has 0 aromatic carbocycles. The van der Waals surface area contributed by atoms with Crippen LogP contribution in [0.25, 0.3) is 0 Å². The summed E-state index contributed by atoms with van der Waals surface area (Å²) in [6.07, 6.45) is 3.25.